The number of aryl methyl sites for hydroxylation is 1. The Morgan fingerprint density at radius 3 is 2.57 bits per heavy atom. The van der Waals surface area contributed by atoms with Gasteiger partial charge in [-0.3, -0.25) is 4.79 Å². The Kier molecular flexibility index (Phi) is 7.41. The van der Waals surface area contributed by atoms with Crippen LogP contribution in [0, 0.1) is 12.8 Å². The number of rotatable bonds is 7. The van der Waals surface area contributed by atoms with E-state index in [2.05, 4.69) is 67.4 Å². The van der Waals surface area contributed by atoms with Gasteiger partial charge in [0.25, 0.3) is 5.91 Å². The fourth-order valence-electron chi connectivity index (χ4n) is 4.05. The van der Waals surface area contributed by atoms with E-state index in [1.165, 1.54) is 18.5 Å². The molecule has 0 unspecified atom stereocenters. The Bertz CT molecular complexity index is 845. The van der Waals surface area contributed by atoms with E-state index < -0.39 is 6.10 Å². The van der Waals surface area contributed by atoms with Crippen LogP contribution in [-0.4, -0.2) is 25.1 Å². The zero-order chi connectivity index (χ0) is 21.7. The summed E-state index contributed by atoms with van der Waals surface area (Å²) >= 11 is 0. The minimum absolute atomic E-state index is 0.0971. The van der Waals surface area contributed by atoms with Crippen LogP contribution in [0.3, 0.4) is 0 Å². The van der Waals surface area contributed by atoms with Crippen LogP contribution >= 0.6 is 0 Å². The molecule has 0 bridgehead atoms. The smallest absolute Gasteiger partial charge is 0.261 e. The Hall–Kier alpha value is -2.49. The van der Waals surface area contributed by atoms with Gasteiger partial charge in [0.1, 0.15) is 5.75 Å². The molecule has 0 radical (unpaired) electrons. The van der Waals surface area contributed by atoms with E-state index in [1.807, 2.05) is 19.9 Å². The average Bonchev–Trinajstić information content (AvgIpc) is 2.72. The molecule has 1 heterocycles. The summed E-state index contributed by atoms with van der Waals surface area (Å²) in [6.45, 7) is 13.2. The van der Waals surface area contributed by atoms with Gasteiger partial charge in [0.05, 0.1) is 0 Å². The number of hydrogen-bond donors (Lipinski definition) is 1. The summed E-state index contributed by atoms with van der Waals surface area (Å²) in [6, 6.07) is 14.7. The highest BCUT2D eigenvalue weighted by molar-refractivity contribution is 5.80. The number of carbonyl (C=O) groups is 1. The number of ether oxygens (including phenoxy) is 1. The van der Waals surface area contributed by atoms with Gasteiger partial charge in [-0.25, -0.2) is 0 Å². The third-order valence-electron chi connectivity index (χ3n) is 5.89. The normalized spacial score (nSPS) is 17.7. The molecule has 2 atom stereocenters. The number of carbonyl (C=O) groups excluding carboxylic acids is 1. The molecule has 2 aromatic carbocycles. The van der Waals surface area contributed by atoms with E-state index in [1.54, 1.807) is 0 Å². The van der Waals surface area contributed by atoms with Crippen molar-refractivity contribution in [2.45, 2.75) is 66.0 Å². The van der Waals surface area contributed by atoms with Crippen LogP contribution in [0.15, 0.2) is 42.5 Å². The van der Waals surface area contributed by atoms with E-state index in [-0.39, 0.29) is 5.91 Å². The molecule has 1 aliphatic rings. The quantitative estimate of drug-likeness (QED) is 0.663. The Balaban J connectivity index is 1.54. The topological polar surface area (TPSA) is 41.6 Å². The van der Waals surface area contributed by atoms with Gasteiger partial charge in [0.15, 0.2) is 6.10 Å². The van der Waals surface area contributed by atoms with Gasteiger partial charge in [-0.1, -0.05) is 45.0 Å². The van der Waals surface area contributed by atoms with Crippen LogP contribution in [0.25, 0.3) is 0 Å². The van der Waals surface area contributed by atoms with Crippen molar-refractivity contribution in [3.8, 4) is 5.75 Å². The second-order valence-corrected chi connectivity index (χ2v) is 9.03. The van der Waals surface area contributed by atoms with Crippen molar-refractivity contribution in [3.05, 3.63) is 59.2 Å². The molecular formula is C26H36N2O2. The van der Waals surface area contributed by atoms with Gasteiger partial charge >= 0.3 is 0 Å². The van der Waals surface area contributed by atoms with Crippen LogP contribution in [0.4, 0.5) is 5.69 Å². The van der Waals surface area contributed by atoms with Crippen LogP contribution in [0.5, 0.6) is 5.75 Å². The van der Waals surface area contributed by atoms with Crippen LogP contribution < -0.4 is 15.0 Å². The summed E-state index contributed by atoms with van der Waals surface area (Å²) in [5.41, 5.74) is 4.63. The summed E-state index contributed by atoms with van der Waals surface area (Å²) < 4.78 is 6.03. The van der Waals surface area contributed by atoms with Crippen LogP contribution in [0.2, 0.25) is 0 Å². The zero-order valence-corrected chi connectivity index (χ0v) is 19.1. The predicted molar refractivity (Wildman–Crippen MR) is 124 cm³/mol. The van der Waals surface area contributed by atoms with Crippen LogP contribution in [0.1, 0.15) is 63.1 Å². The first kappa shape index (κ1) is 22.2. The third-order valence-corrected chi connectivity index (χ3v) is 5.89. The Morgan fingerprint density at radius 1 is 1.17 bits per heavy atom. The van der Waals surface area contributed by atoms with E-state index in [0.717, 1.165) is 41.4 Å². The molecule has 0 aliphatic carbocycles. The van der Waals surface area contributed by atoms with Crippen molar-refractivity contribution in [2.75, 3.05) is 18.0 Å². The average molecular weight is 409 g/mol. The molecule has 4 nitrogen and oxygen atoms in total. The molecule has 3 rings (SSSR count). The first-order chi connectivity index (χ1) is 14.3. The van der Waals surface area contributed by atoms with Gasteiger partial charge in [-0.15, -0.1) is 0 Å². The number of nitrogens with one attached hydrogen (secondary N) is 1. The monoisotopic (exact) mass is 408 g/mol. The van der Waals surface area contributed by atoms with Crippen LogP contribution in [-0.2, 0) is 11.3 Å². The maximum atomic E-state index is 12.6. The van der Waals surface area contributed by atoms with E-state index >= 15 is 0 Å². The fraction of sp³-hybridized carbons (Fsp3) is 0.500. The van der Waals surface area contributed by atoms with Crippen molar-refractivity contribution in [1.29, 1.82) is 0 Å². The molecule has 1 amide bonds. The molecular weight excluding hydrogens is 372 g/mol. The molecule has 162 valence electrons. The molecule has 0 saturated carbocycles. The first-order valence-corrected chi connectivity index (χ1v) is 11.2. The molecule has 4 heteroatoms. The minimum atomic E-state index is -0.543. The summed E-state index contributed by atoms with van der Waals surface area (Å²) in [5.74, 6) is 1.80. The SMILES string of the molecule is Cc1ccc(C(C)C)c(O[C@@H](C)C(=O)NCc2ccc(N3CCC[C@H](C)C3)cc2)c1. The van der Waals surface area contributed by atoms with Gasteiger partial charge in [-0.05, 0) is 73.4 Å². The van der Waals surface area contributed by atoms with Crippen molar-refractivity contribution in [3.63, 3.8) is 0 Å². The number of amides is 1. The number of benzene rings is 2. The van der Waals surface area contributed by atoms with Crippen molar-refractivity contribution < 1.29 is 9.53 Å². The van der Waals surface area contributed by atoms with Crippen molar-refractivity contribution in [1.82, 2.24) is 5.32 Å². The van der Waals surface area contributed by atoms with E-state index in [4.69, 9.17) is 4.74 Å². The largest absolute Gasteiger partial charge is 0.481 e. The Morgan fingerprint density at radius 2 is 1.90 bits per heavy atom. The molecule has 1 fully saturated rings. The second kappa shape index (κ2) is 10.0. The summed E-state index contributed by atoms with van der Waals surface area (Å²) in [7, 11) is 0. The highest BCUT2D eigenvalue weighted by Crippen LogP contribution is 2.28. The Labute approximate surface area is 181 Å². The molecule has 1 N–H and O–H groups in total. The van der Waals surface area contributed by atoms with Gasteiger partial charge < -0.3 is 15.0 Å². The number of nitrogens with zero attached hydrogens (tertiary/aromatic N) is 1. The highest BCUT2D eigenvalue weighted by atomic mass is 16.5. The molecule has 1 saturated heterocycles. The predicted octanol–water partition coefficient (Wildman–Crippen LogP) is 5.44. The maximum Gasteiger partial charge on any atom is 0.261 e. The number of hydrogen-bond acceptors (Lipinski definition) is 3. The summed E-state index contributed by atoms with van der Waals surface area (Å²) in [4.78, 5) is 15.1. The van der Waals surface area contributed by atoms with Gasteiger partial charge in [0, 0.05) is 25.3 Å². The number of piperidine rings is 1. The lowest BCUT2D eigenvalue weighted by Gasteiger charge is -2.32. The van der Waals surface area contributed by atoms with E-state index in [9.17, 15) is 4.79 Å². The fourth-order valence-corrected chi connectivity index (χ4v) is 4.05. The first-order valence-electron chi connectivity index (χ1n) is 11.2. The zero-order valence-electron chi connectivity index (χ0n) is 19.1. The molecule has 1 aliphatic heterocycles. The molecule has 0 aromatic heterocycles. The summed E-state index contributed by atoms with van der Waals surface area (Å²) in [6.07, 6.45) is 2.04. The lowest BCUT2D eigenvalue weighted by atomic mass is 9.99. The minimum Gasteiger partial charge on any atom is -0.481 e. The standard InChI is InChI=1S/C26H36N2O2/c1-18(2)24-13-8-19(3)15-25(24)30-21(5)26(29)27-16-22-9-11-23(12-10-22)28-14-6-7-20(4)17-28/h8-13,15,18,20-21H,6-7,14,16-17H2,1-5H3,(H,27,29)/t20-,21-/m0/s1. The number of anilines is 1. The van der Waals surface area contributed by atoms with Crippen molar-refractivity contribution >= 4 is 11.6 Å². The van der Waals surface area contributed by atoms with Crippen molar-refractivity contribution in [2.24, 2.45) is 5.92 Å². The third kappa shape index (κ3) is 5.78. The van der Waals surface area contributed by atoms with Gasteiger partial charge in [0.2, 0.25) is 0 Å². The lowest BCUT2D eigenvalue weighted by Crippen LogP contribution is -2.36. The van der Waals surface area contributed by atoms with Gasteiger partial charge in [-0.2, -0.15) is 0 Å². The summed E-state index contributed by atoms with van der Waals surface area (Å²) in [5, 5.41) is 3.01. The highest BCUT2D eigenvalue weighted by Gasteiger charge is 2.18. The second-order valence-electron chi connectivity index (χ2n) is 9.03. The molecule has 0 spiro atoms. The molecule has 30 heavy (non-hydrogen) atoms. The maximum absolute atomic E-state index is 12.6. The lowest BCUT2D eigenvalue weighted by molar-refractivity contribution is -0.127. The van der Waals surface area contributed by atoms with E-state index in [0.29, 0.717) is 12.5 Å². The molecule has 2 aromatic rings.